The van der Waals surface area contributed by atoms with Crippen molar-refractivity contribution in [3.8, 4) is 0 Å². The quantitative estimate of drug-likeness (QED) is 0.617. The Kier molecular flexibility index (Phi) is 4.39. The van der Waals surface area contributed by atoms with Gasteiger partial charge >= 0.3 is 0 Å². The summed E-state index contributed by atoms with van der Waals surface area (Å²) in [5.74, 6) is 2.32. The normalized spacial score (nSPS) is 26.7. The van der Waals surface area contributed by atoms with Gasteiger partial charge in [0.1, 0.15) is 5.82 Å². The third kappa shape index (κ3) is 3.37. The summed E-state index contributed by atoms with van der Waals surface area (Å²) in [4.78, 5) is 23.2. The molecule has 0 aliphatic carbocycles. The predicted octanol–water partition coefficient (Wildman–Crippen LogP) is 0.897. The maximum absolute atomic E-state index is 11.7. The molecule has 1 spiro atoms. The molecule has 4 heterocycles. The van der Waals surface area contributed by atoms with Gasteiger partial charge in [-0.05, 0) is 25.7 Å². The number of fused-ring (bicyclic) bond motifs is 1. The van der Waals surface area contributed by atoms with Gasteiger partial charge in [-0.3, -0.25) is 9.79 Å². The fourth-order valence-electron chi connectivity index (χ4n) is 4.49. The molecule has 25 heavy (non-hydrogen) atoms. The Labute approximate surface area is 148 Å². The highest BCUT2D eigenvalue weighted by Crippen LogP contribution is 2.36. The molecule has 1 amide bonds. The van der Waals surface area contributed by atoms with Crippen LogP contribution in [0.15, 0.2) is 11.2 Å². The van der Waals surface area contributed by atoms with Crippen LogP contribution >= 0.6 is 0 Å². The van der Waals surface area contributed by atoms with Crippen LogP contribution in [0.1, 0.15) is 43.6 Å². The van der Waals surface area contributed by atoms with Gasteiger partial charge in [-0.1, -0.05) is 0 Å². The molecular formula is C18H28N6O. The number of piperidine rings is 1. The average molecular weight is 344 g/mol. The number of guanidine groups is 1. The smallest absolute Gasteiger partial charge is 0.220 e. The van der Waals surface area contributed by atoms with E-state index in [2.05, 4.69) is 31.3 Å². The van der Waals surface area contributed by atoms with E-state index in [4.69, 9.17) is 4.98 Å². The summed E-state index contributed by atoms with van der Waals surface area (Å²) >= 11 is 0. The predicted molar refractivity (Wildman–Crippen MR) is 96.2 cm³/mol. The number of aromatic nitrogens is 2. The van der Waals surface area contributed by atoms with Crippen LogP contribution in [-0.2, 0) is 24.3 Å². The van der Waals surface area contributed by atoms with Crippen molar-refractivity contribution < 1.29 is 4.79 Å². The van der Waals surface area contributed by atoms with Gasteiger partial charge in [0.05, 0.1) is 12.2 Å². The maximum atomic E-state index is 11.7. The minimum Gasteiger partial charge on any atom is -0.355 e. The van der Waals surface area contributed by atoms with Crippen molar-refractivity contribution in [2.75, 3.05) is 26.7 Å². The van der Waals surface area contributed by atoms with E-state index in [1.807, 2.05) is 7.05 Å². The Morgan fingerprint density at radius 2 is 2.32 bits per heavy atom. The number of nitrogens with one attached hydrogen (secondary N) is 2. The third-order valence-electron chi connectivity index (χ3n) is 5.75. The number of nitrogens with zero attached hydrogens (tertiary/aromatic N) is 4. The van der Waals surface area contributed by atoms with E-state index < -0.39 is 0 Å². The topological polar surface area (TPSA) is 74.6 Å². The van der Waals surface area contributed by atoms with E-state index in [9.17, 15) is 4.79 Å². The van der Waals surface area contributed by atoms with Crippen LogP contribution in [0.2, 0.25) is 0 Å². The Bertz CT molecular complexity index is 658. The van der Waals surface area contributed by atoms with Crippen molar-refractivity contribution in [2.45, 2.75) is 51.6 Å². The molecule has 0 radical (unpaired) electrons. The number of imidazole rings is 1. The second-order valence-corrected chi connectivity index (χ2v) is 7.68. The standard InChI is InChI=1S/C18H28N6O/c1-19-17(20-10-14-11-23-7-3-2-5-15(23)22-14)24-8-4-6-18(13-24)9-16(25)21-12-18/h11H,2-10,12-13H2,1H3,(H,19,20)(H,21,25). The molecule has 4 rings (SSSR count). The van der Waals surface area contributed by atoms with Gasteiger partial charge in [0.25, 0.3) is 0 Å². The summed E-state index contributed by atoms with van der Waals surface area (Å²) in [6.07, 6.45) is 8.63. The maximum Gasteiger partial charge on any atom is 0.220 e. The highest BCUT2D eigenvalue weighted by Gasteiger charge is 2.42. The number of likely N-dealkylation sites (tertiary alicyclic amines) is 1. The number of carbonyl (C=O) groups excluding carboxylic acids is 1. The molecule has 3 aliphatic rings. The Balaban J connectivity index is 1.39. The fraction of sp³-hybridized carbons (Fsp3) is 0.722. The van der Waals surface area contributed by atoms with Crippen LogP contribution in [0, 0.1) is 5.41 Å². The van der Waals surface area contributed by atoms with Crippen molar-refractivity contribution in [3.05, 3.63) is 17.7 Å². The van der Waals surface area contributed by atoms with E-state index in [1.54, 1.807) is 0 Å². The highest BCUT2D eigenvalue weighted by molar-refractivity contribution is 5.81. The minimum absolute atomic E-state index is 0.0838. The second-order valence-electron chi connectivity index (χ2n) is 7.68. The molecular weight excluding hydrogens is 316 g/mol. The zero-order valence-corrected chi connectivity index (χ0v) is 15.1. The van der Waals surface area contributed by atoms with E-state index in [-0.39, 0.29) is 11.3 Å². The van der Waals surface area contributed by atoms with Gasteiger partial charge in [0, 0.05) is 57.7 Å². The lowest BCUT2D eigenvalue weighted by molar-refractivity contribution is -0.119. The van der Waals surface area contributed by atoms with Crippen LogP contribution < -0.4 is 10.6 Å². The molecule has 2 N–H and O–H groups in total. The number of carbonyl (C=O) groups is 1. The molecule has 3 aliphatic heterocycles. The monoisotopic (exact) mass is 344 g/mol. The molecule has 1 aromatic heterocycles. The Morgan fingerprint density at radius 3 is 3.08 bits per heavy atom. The number of aryl methyl sites for hydroxylation is 2. The second kappa shape index (κ2) is 6.69. The van der Waals surface area contributed by atoms with Crippen LogP contribution in [0.4, 0.5) is 0 Å². The molecule has 1 atom stereocenters. The first kappa shape index (κ1) is 16.4. The number of rotatable bonds is 2. The van der Waals surface area contributed by atoms with Gasteiger partial charge in [0.2, 0.25) is 5.91 Å². The van der Waals surface area contributed by atoms with Crippen molar-refractivity contribution >= 4 is 11.9 Å². The van der Waals surface area contributed by atoms with E-state index in [1.165, 1.54) is 18.7 Å². The zero-order valence-electron chi connectivity index (χ0n) is 15.1. The molecule has 0 saturated carbocycles. The number of aliphatic imine (C=N–C) groups is 1. The molecule has 0 bridgehead atoms. The fourth-order valence-corrected chi connectivity index (χ4v) is 4.49. The van der Waals surface area contributed by atoms with Crippen LogP contribution in [-0.4, -0.2) is 53.0 Å². The van der Waals surface area contributed by atoms with Crippen molar-refractivity contribution in [1.29, 1.82) is 0 Å². The molecule has 136 valence electrons. The first-order valence-electron chi connectivity index (χ1n) is 9.45. The van der Waals surface area contributed by atoms with E-state index in [0.717, 1.165) is 57.1 Å². The lowest BCUT2D eigenvalue weighted by atomic mass is 9.79. The highest BCUT2D eigenvalue weighted by atomic mass is 16.1. The van der Waals surface area contributed by atoms with Crippen LogP contribution in [0.3, 0.4) is 0 Å². The summed E-state index contributed by atoms with van der Waals surface area (Å²) in [6, 6.07) is 0. The first-order valence-corrected chi connectivity index (χ1v) is 9.45. The van der Waals surface area contributed by atoms with Crippen molar-refractivity contribution in [1.82, 2.24) is 25.1 Å². The summed E-state index contributed by atoms with van der Waals surface area (Å²) in [5.41, 5.74) is 1.17. The SMILES string of the molecule is CN=C(NCc1cn2c(n1)CCCC2)N1CCCC2(CNC(=O)C2)C1. The van der Waals surface area contributed by atoms with Crippen molar-refractivity contribution in [3.63, 3.8) is 0 Å². The van der Waals surface area contributed by atoms with Crippen LogP contribution in [0.5, 0.6) is 0 Å². The van der Waals surface area contributed by atoms with E-state index in [0.29, 0.717) is 13.0 Å². The largest absolute Gasteiger partial charge is 0.355 e. The molecule has 1 aromatic rings. The molecule has 7 heteroatoms. The number of hydrogen-bond donors (Lipinski definition) is 2. The zero-order chi connectivity index (χ0) is 17.3. The van der Waals surface area contributed by atoms with Gasteiger partial charge in [0.15, 0.2) is 5.96 Å². The Hall–Kier alpha value is -2.05. The third-order valence-corrected chi connectivity index (χ3v) is 5.75. The summed E-state index contributed by atoms with van der Waals surface area (Å²) in [7, 11) is 1.83. The molecule has 1 unspecified atom stereocenters. The summed E-state index contributed by atoms with van der Waals surface area (Å²) in [6.45, 7) is 4.48. The average Bonchev–Trinajstić information content (AvgIpc) is 3.19. The molecule has 0 aromatic carbocycles. The van der Waals surface area contributed by atoms with E-state index >= 15 is 0 Å². The molecule has 7 nitrogen and oxygen atoms in total. The molecule has 2 saturated heterocycles. The van der Waals surface area contributed by atoms with Gasteiger partial charge in [-0.25, -0.2) is 4.98 Å². The molecule has 2 fully saturated rings. The van der Waals surface area contributed by atoms with Crippen molar-refractivity contribution in [2.24, 2.45) is 10.4 Å². The lowest BCUT2D eigenvalue weighted by Gasteiger charge is -2.40. The van der Waals surface area contributed by atoms with Gasteiger partial charge in [-0.15, -0.1) is 0 Å². The summed E-state index contributed by atoms with van der Waals surface area (Å²) < 4.78 is 2.29. The first-order chi connectivity index (χ1) is 12.2. The number of amides is 1. The number of hydrogen-bond acceptors (Lipinski definition) is 3. The minimum atomic E-state index is 0.0838. The lowest BCUT2D eigenvalue weighted by Crippen LogP contribution is -2.51. The van der Waals surface area contributed by atoms with Gasteiger partial charge < -0.3 is 20.1 Å². The summed E-state index contributed by atoms with van der Waals surface area (Å²) in [5, 5.41) is 6.48. The van der Waals surface area contributed by atoms with Crippen LogP contribution in [0.25, 0.3) is 0 Å². The van der Waals surface area contributed by atoms with Gasteiger partial charge in [-0.2, -0.15) is 0 Å². The Morgan fingerprint density at radius 1 is 1.40 bits per heavy atom.